The van der Waals surface area contributed by atoms with Gasteiger partial charge in [0.15, 0.2) is 5.76 Å². The van der Waals surface area contributed by atoms with Crippen molar-refractivity contribution in [3.05, 3.63) is 17.5 Å². The quantitative estimate of drug-likeness (QED) is 0.740. The molecule has 0 spiro atoms. The lowest BCUT2D eigenvalue weighted by atomic mass is 10.1. The SMILES string of the molecule is CCCNCc1cc(CN(C)CC2CCCCO2)on1. The van der Waals surface area contributed by atoms with E-state index in [9.17, 15) is 0 Å². The molecule has 5 heteroatoms. The third-order valence-corrected chi connectivity index (χ3v) is 3.56. The van der Waals surface area contributed by atoms with Crippen molar-refractivity contribution in [2.45, 2.75) is 51.8 Å². The van der Waals surface area contributed by atoms with Crippen molar-refractivity contribution in [1.29, 1.82) is 0 Å². The van der Waals surface area contributed by atoms with Crippen molar-refractivity contribution in [3.63, 3.8) is 0 Å². The summed E-state index contributed by atoms with van der Waals surface area (Å²) in [5.74, 6) is 0.927. The number of nitrogens with zero attached hydrogens (tertiary/aromatic N) is 2. The van der Waals surface area contributed by atoms with E-state index in [4.69, 9.17) is 9.26 Å². The van der Waals surface area contributed by atoms with Crippen LogP contribution in [0.4, 0.5) is 0 Å². The molecule has 0 radical (unpaired) electrons. The summed E-state index contributed by atoms with van der Waals surface area (Å²) in [5.41, 5.74) is 0.982. The van der Waals surface area contributed by atoms with Crippen LogP contribution in [0, 0.1) is 0 Å². The first-order valence-corrected chi connectivity index (χ1v) is 7.73. The van der Waals surface area contributed by atoms with Gasteiger partial charge in [-0.25, -0.2) is 0 Å². The topological polar surface area (TPSA) is 50.5 Å². The van der Waals surface area contributed by atoms with Crippen molar-refractivity contribution in [1.82, 2.24) is 15.4 Å². The van der Waals surface area contributed by atoms with Gasteiger partial charge in [-0.2, -0.15) is 0 Å². The van der Waals surface area contributed by atoms with Gasteiger partial charge >= 0.3 is 0 Å². The van der Waals surface area contributed by atoms with E-state index < -0.39 is 0 Å². The molecule has 2 heterocycles. The zero-order valence-electron chi connectivity index (χ0n) is 12.7. The molecule has 1 aromatic heterocycles. The minimum absolute atomic E-state index is 0.377. The fourth-order valence-electron chi connectivity index (χ4n) is 2.54. The van der Waals surface area contributed by atoms with Crippen LogP contribution in [0.3, 0.4) is 0 Å². The molecule has 114 valence electrons. The maximum absolute atomic E-state index is 5.76. The summed E-state index contributed by atoms with van der Waals surface area (Å²) < 4.78 is 11.1. The Kier molecular flexibility index (Phi) is 6.50. The zero-order chi connectivity index (χ0) is 14.2. The maximum Gasteiger partial charge on any atom is 0.151 e. The molecular weight excluding hydrogens is 254 g/mol. The summed E-state index contributed by atoms with van der Waals surface area (Å²) >= 11 is 0. The highest BCUT2D eigenvalue weighted by molar-refractivity contribution is 5.05. The first-order valence-electron chi connectivity index (χ1n) is 7.73. The molecule has 1 N–H and O–H groups in total. The third-order valence-electron chi connectivity index (χ3n) is 3.56. The van der Waals surface area contributed by atoms with Crippen LogP contribution in [-0.2, 0) is 17.8 Å². The van der Waals surface area contributed by atoms with Crippen molar-refractivity contribution < 1.29 is 9.26 Å². The highest BCUT2D eigenvalue weighted by Crippen LogP contribution is 2.14. The molecule has 2 rings (SSSR count). The van der Waals surface area contributed by atoms with Gasteiger partial charge in [-0.3, -0.25) is 4.90 Å². The monoisotopic (exact) mass is 281 g/mol. The van der Waals surface area contributed by atoms with E-state index in [0.29, 0.717) is 6.10 Å². The summed E-state index contributed by atoms with van der Waals surface area (Å²) in [6.45, 7) is 6.62. The molecule has 1 aliphatic rings. The summed E-state index contributed by atoms with van der Waals surface area (Å²) in [6.07, 6.45) is 5.18. The predicted octanol–water partition coefficient (Wildman–Crippen LogP) is 2.18. The van der Waals surface area contributed by atoms with Gasteiger partial charge in [-0.05, 0) is 39.3 Å². The first-order chi connectivity index (χ1) is 9.78. The molecule has 20 heavy (non-hydrogen) atoms. The van der Waals surface area contributed by atoms with Crippen molar-refractivity contribution in [3.8, 4) is 0 Å². The normalized spacial score (nSPS) is 19.6. The molecule has 5 nitrogen and oxygen atoms in total. The minimum Gasteiger partial charge on any atom is -0.377 e. The highest BCUT2D eigenvalue weighted by Gasteiger charge is 2.16. The Balaban J connectivity index is 1.71. The smallest absolute Gasteiger partial charge is 0.151 e. The van der Waals surface area contributed by atoms with Gasteiger partial charge in [-0.1, -0.05) is 12.1 Å². The second-order valence-corrected chi connectivity index (χ2v) is 5.65. The Morgan fingerprint density at radius 3 is 3.10 bits per heavy atom. The van der Waals surface area contributed by atoms with Gasteiger partial charge in [0.05, 0.1) is 18.3 Å². The number of nitrogens with one attached hydrogen (secondary N) is 1. The molecule has 1 aliphatic heterocycles. The number of ether oxygens (including phenoxy) is 1. The van der Waals surface area contributed by atoms with Crippen LogP contribution in [0.25, 0.3) is 0 Å². The van der Waals surface area contributed by atoms with Crippen LogP contribution in [-0.4, -0.2) is 42.9 Å². The molecule has 1 saturated heterocycles. The summed E-state index contributed by atoms with van der Waals surface area (Å²) in [7, 11) is 2.11. The Hall–Kier alpha value is -0.910. The van der Waals surface area contributed by atoms with Crippen LogP contribution in [0.15, 0.2) is 10.6 Å². The van der Waals surface area contributed by atoms with Gasteiger partial charge < -0.3 is 14.6 Å². The van der Waals surface area contributed by atoms with E-state index in [1.807, 2.05) is 6.07 Å². The van der Waals surface area contributed by atoms with E-state index in [1.54, 1.807) is 0 Å². The Labute approximate surface area is 121 Å². The fraction of sp³-hybridized carbons (Fsp3) is 0.800. The summed E-state index contributed by atoms with van der Waals surface area (Å²) in [4.78, 5) is 2.25. The van der Waals surface area contributed by atoms with E-state index in [0.717, 1.165) is 50.7 Å². The lowest BCUT2D eigenvalue weighted by molar-refractivity contribution is -0.00360. The van der Waals surface area contributed by atoms with Gasteiger partial charge in [0.1, 0.15) is 0 Å². The molecule has 0 saturated carbocycles. The van der Waals surface area contributed by atoms with E-state index in [2.05, 4.69) is 29.3 Å². The highest BCUT2D eigenvalue weighted by atomic mass is 16.5. The number of aromatic nitrogens is 1. The van der Waals surface area contributed by atoms with Crippen molar-refractivity contribution >= 4 is 0 Å². The number of likely N-dealkylation sites (N-methyl/N-ethyl adjacent to an activating group) is 1. The van der Waals surface area contributed by atoms with Gasteiger partial charge in [0.25, 0.3) is 0 Å². The largest absolute Gasteiger partial charge is 0.377 e. The van der Waals surface area contributed by atoms with E-state index in [1.165, 1.54) is 19.3 Å². The zero-order valence-corrected chi connectivity index (χ0v) is 12.7. The lowest BCUT2D eigenvalue weighted by Crippen LogP contribution is -2.32. The molecule has 0 amide bonds. The van der Waals surface area contributed by atoms with Crippen LogP contribution in [0.2, 0.25) is 0 Å². The minimum atomic E-state index is 0.377. The molecular formula is C15H27N3O2. The molecule has 1 unspecified atom stereocenters. The maximum atomic E-state index is 5.76. The third kappa shape index (κ3) is 5.23. The van der Waals surface area contributed by atoms with E-state index >= 15 is 0 Å². The molecule has 0 bridgehead atoms. The van der Waals surface area contributed by atoms with Gasteiger partial charge in [0, 0.05) is 25.8 Å². The predicted molar refractivity (Wildman–Crippen MR) is 78.4 cm³/mol. The second kappa shape index (κ2) is 8.39. The first kappa shape index (κ1) is 15.5. The molecule has 0 aliphatic carbocycles. The van der Waals surface area contributed by atoms with Crippen LogP contribution < -0.4 is 5.32 Å². The summed E-state index contributed by atoms with van der Waals surface area (Å²) in [6, 6.07) is 2.04. The average Bonchev–Trinajstić information content (AvgIpc) is 2.87. The average molecular weight is 281 g/mol. The fourth-order valence-corrected chi connectivity index (χ4v) is 2.54. The van der Waals surface area contributed by atoms with Crippen molar-refractivity contribution in [2.75, 3.05) is 26.7 Å². The Morgan fingerprint density at radius 1 is 1.45 bits per heavy atom. The number of hydrogen-bond acceptors (Lipinski definition) is 5. The summed E-state index contributed by atoms with van der Waals surface area (Å²) in [5, 5.41) is 7.42. The van der Waals surface area contributed by atoms with Crippen LogP contribution in [0.5, 0.6) is 0 Å². The second-order valence-electron chi connectivity index (χ2n) is 5.65. The lowest BCUT2D eigenvalue weighted by Gasteiger charge is -2.26. The van der Waals surface area contributed by atoms with Crippen molar-refractivity contribution in [2.24, 2.45) is 0 Å². The molecule has 0 aromatic carbocycles. The number of hydrogen-bond donors (Lipinski definition) is 1. The van der Waals surface area contributed by atoms with Gasteiger partial charge in [-0.15, -0.1) is 0 Å². The van der Waals surface area contributed by atoms with E-state index in [-0.39, 0.29) is 0 Å². The number of rotatable bonds is 8. The molecule has 1 atom stereocenters. The Morgan fingerprint density at radius 2 is 2.35 bits per heavy atom. The standard InChI is InChI=1S/C15H27N3O2/c1-3-7-16-10-13-9-15(20-17-13)12-18(2)11-14-6-4-5-8-19-14/h9,14,16H,3-8,10-12H2,1-2H3. The van der Waals surface area contributed by atoms with Gasteiger partial charge in [0.2, 0.25) is 0 Å². The Bertz CT molecular complexity index is 375. The van der Waals surface area contributed by atoms with Crippen LogP contribution >= 0.6 is 0 Å². The van der Waals surface area contributed by atoms with Crippen LogP contribution in [0.1, 0.15) is 44.1 Å². The molecule has 1 fully saturated rings. The molecule has 1 aromatic rings.